The molecular formula is C19H20ClN5O. The van der Waals surface area contributed by atoms with Gasteiger partial charge in [-0.2, -0.15) is 4.98 Å². The second-order valence-electron chi connectivity index (χ2n) is 5.61. The Hall–Kier alpha value is -2.86. The molecule has 0 spiro atoms. The zero-order chi connectivity index (χ0) is 18.2. The normalized spacial score (nSPS) is 11.4. The summed E-state index contributed by atoms with van der Waals surface area (Å²) in [6.45, 7) is 1.35. The van der Waals surface area contributed by atoms with E-state index < -0.39 is 0 Å². The summed E-state index contributed by atoms with van der Waals surface area (Å²) in [6, 6.07) is 17.5. The zero-order valence-corrected chi connectivity index (χ0v) is 15.2. The van der Waals surface area contributed by atoms with Gasteiger partial charge in [0.05, 0.1) is 0 Å². The lowest BCUT2D eigenvalue weighted by Crippen LogP contribution is -2.37. The molecule has 26 heavy (non-hydrogen) atoms. The molecule has 0 aliphatic heterocycles. The van der Waals surface area contributed by atoms with E-state index in [9.17, 15) is 0 Å². The van der Waals surface area contributed by atoms with E-state index in [-0.39, 0.29) is 0 Å². The van der Waals surface area contributed by atoms with Gasteiger partial charge in [0.15, 0.2) is 5.96 Å². The topological polar surface area (TPSA) is 75.3 Å². The van der Waals surface area contributed by atoms with Crippen molar-refractivity contribution in [1.29, 1.82) is 0 Å². The minimum atomic E-state index is 0.559. The van der Waals surface area contributed by atoms with Crippen molar-refractivity contribution in [1.82, 2.24) is 20.8 Å². The van der Waals surface area contributed by atoms with E-state index in [2.05, 4.69) is 37.9 Å². The fourth-order valence-corrected chi connectivity index (χ4v) is 2.49. The number of halogens is 1. The molecule has 7 heteroatoms. The molecule has 0 unspecified atom stereocenters. The fourth-order valence-electron chi connectivity index (χ4n) is 2.36. The van der Waals surface area contributed by atoms with Crippen LogP contribution in [0.3, 0.4) is 0 Å². The van der Waals surface area contributed by atoms with Crippen LogP contribution >= 0.6 is 11.6 Å². The quantitative estimate of drug-likeness (QED) is 0.515. The number of benzene rings is 2. The van der Waals surface area contributed by atoms with Gasteiger partial charge in [0.25, 0.3) is 0 Å². The van der Waals surface area contributed by atoms with Crippen LogP contribution in [0.2, 0.25) is 5.02 Å². The highest BCUT2D eigenvalue weighted by Crippen LogP contribution is 2.18. The second kappa shape index (κ2) is 9.01. The number of rotatable bonds is 6. The fraction of sp³-hybridized carbons (Fsp3) is 0.211. The van der Waals surface area contributed by atoms with E-state index in [1.165, 1.54) is 5.56 Å². The molecule has 0 amide bonds. The van der Waals surface area contributed by atoms with Gasteiger partial charge in [-0.15, -0.1) is 0 Å². The highest BCUT2D eigenvalue weighted by molar-refractivity contribution is 6.30. The molecule has 1 aromatic heterocycles. The lowest BCUT2D eigenvalue weighted by molar-refractivity contribution is 0.378. The van der Waals surface area contributed by atoms with Crippen LogP contribution in [0.5, 0.6) is 0 Å². The SMILES string of the molecule is CN=C(NCCc1nc(-c2ccc(Cl)cc2)no1)NCc1ccccc1. The van der Waals surface area contributed by atoms with Crippen LogP contribution < -0.4 is 10.6 Å². The van der Waals surface area contributed by atoms with Gasteiger partial charge >= 0.3 is 0 Å². The first kappa shape index (κ1) is 17.9. The summed E-state index contributed by atoms with van der Waals surface area (Å²) in [4.78, 5) is 8.62. The third kappa shape index (κ3) is 5.07. The van der Waals surface area contributed by atoms with Crippen molar-refractivity contribution in [2.45, 2.75) is 13.0 Å². The highest BCUT2D eigenvalue weighted by Gasteiger charge is 2.08. The molecule has 0 saturated carbocycles. The van der Waals surface area contributed by atoms with E-state index in [4.69, 9.17) is 16.1 Å². The zero-order valence-electron chi connectivity index (χ0n) is 14.4. The summed E-state index contributed by atoms with van der Waals surface area (Å²) in [5.74, 6) is 1.86. The van der Waals surface area contributed by atoms with Crippen molar-refractivity contribution < 1.29 is 4.52 Å². The van der Waals surface area contributed by atoms with Crippen LogP contribution in [0.4, 0.5) is 0 Å². The molecule has 1 heterocycles. The lowest BCUT2D eigenvalue weighted by Gasteiger charge is -2.11. The van der Waals surface area contributed by atoms with Crippen LogP contribution in [0, 0.1) is 0 Å². The molecule has 2 aromatic carbocycles. The monoisotopic (exact) mass is 369 g/mol. The first-order valence-electron chi connectivity index (χ1n) is 8.31. The van der Waals surface area contributed by atoms with Gasteiger partial charge in [-0.05, 0) is 29.8 Å². The molecule has 0 aliphatic carbocycles. The summed E-state index contributed by atoms with van der Waals surface area (Å²) in [6.07, 6.45) is 0.604. The molecular weight excluding hydrogens is 350 g/mol. The van der Waals surface area contributed by atoms with Crippen molar-refractivity contribution in [3.05, 3.63) is 71.1 Å². The molecule has 134 valence electrons. The van der Waals surface area contributed by atoms with Crippen LogP contribution in [-0.4, -0.2) is 29.7 Å². The number of nitrogens with zero attached hydrogens (tertiary/aromatic N) is 3. The first-order valence-corrected chi connectivity index (χ1v) is 8.69. The maximum Gasteiger partial charge on any atom is 0.228 e. The standard InChI is InChI=1S/C19H20ClN5O/c1-21-19(23-13-14-5-3-2-4-6-14)22-12-11-17-24-18(25-26-17)15-7-9-16(20)10-8-15/h2-10H,11-13H2,1H3,(H2,21,22,23). The van der Waals surface area contributed by atoms with Crippen LogP contribution in [-0.2, 0) is 13.0 Å². The van der Waals surface area contributed by atoms with Crippen molar-refractivity contribution in [2.75, 3.05) is 13.6 Å². The Labute approximate surface area is 157 Å². The summed E-state index contributed by atoms with van der Waals surface area (Å²) in [7, 11) is 1.74. The molecule has 0 radical (unpaired) electrons. The van der Waals surface area contributed by atoms with E-state index in [1.807, 2.05) is 30.3 Å². The Balaban J connectivity index is 1.47. The molecule has 3 aromatic rings. The Morgan fingerprint density at radius 1 is 1.08 bits per heavy atom. The van der Waals surface area contributed by atoms with Crippen molar-refractivity contribution in [3.63, 3.8) is 0 Å². The van der Waals surface area contributed by atoms with E-state index in [1.54, 1.807) is 19.2 Å². The number of hydrogen-bond acceptors (Lipinski definition) is 4. The van der Waals surface area contributed by atoms with Crippen molar-refractivity contribution in [2.24, 2.45) is 4.99 Å². The summed E-state index contributed by atoms with van der Waals surface area (Å²) in [5.41, 5.74) is 2.07. The Bertz CT molecular complexity index is 846. The molecule has 3 rings (SSSR count). The van der Waals surface area contributed by atoms with E-state index in [0.717, 1.165) is 11.5 Å². The molecule has 6 nitrogen and oxygen atoms in total. The third-order valence-electron chi connectivity index (χ3n) is 3.73. The average Bonchev–Trinajstić information content (AvgIpc) is 3.15. The molecule has 0 bridgehead atoms. The van der Waals surface area contributed by atoms with Gasteiger partial charge in [0, 0.05) is 37.1 Å². The van der Waals surface area contributed by atoms with Gasteiger partial charge in [-0.3, -0.25) is 4.99 Å². The summed E-state index contributed by atoms with van der Waals surface area (Å²) >= 11 is 5.89. The minimum absolute atomic E-state index is 0.559. The molecule has 0 atom stereocenters. The number of nitrogens with one attached hydrogen (secondary N) is 2. The number of aromatic nitrogens is 2. The highest BCUT2D eigenvalue weighted by atomic mass is 35.5. The average molecular weight is 370 g/mol. The largest absolute Gasteiger partial charge is 0.356 e. The van der Waals surface area contributed by atoms with Gasteiger partial charge in [-0.1, -0.05) is 47.1 Å². The smallest absolute Gasteiger partial charge is 0.228 e. The third-order valence-corrected chi connectivity index (χ3v) is 3.98. The second-order valence-corrected chi connectivity index (χ2v) is 6.04. The van der Waals surface area contributed by atoms with E-state index in [0.29, 0.717) is 36.2 Å². The number of aliphatic imine (C=N–C) groups is 1. The lowest BCUT2D eigenvalue weighted by atomic mass is 10.2. The summed E-state index contributed by atoms with van der Waals surface area (Å²) in [5, 5.41) is 11.2. The van der Waals surface area contributed by atoms with Gasteiger partial charge < -0.3 is 15.2 Å². The number of guanidine groups is 1. The first-order chi connectivity index (χ1) is 12.7. The van der Waals surface area contributed by atoms with Crippen molar-refractivity contribution >= 4 is 17.6 Å². The molecule has 0 fully saturated rings. The van der Waals surface area contributed by atoms with Gasteiger partial charge in [0.1, 0.15) is 0 Å². The Morgan fingerprint density at radius 3 is 2.58 bits per heavy atom. The van der Waals surface area contributed by atoms with E-state index >= 15 is 0 Å². The van der Waals surface area contributed by atoms with Gasteiger partial charge in [0.2, 0.25) is 11.7 Å². The minimum Gasteiger partial charge on any atom is -0.356 e. The molecule has 0 saturated heterocycles. The maximum absolute atomic E-state index is 5.89. The van der Waals surface area contributed by atoms with Crippen LogP contribution in [0.25, 0.3) is 11.4 Å². The molecule has 0 aliphatic rings. The van der Waals surface area contributed by atoms with Crippen LogP contribution in [0.1, 0.15) is 11.5 Å². The predicted molar refractivity (Wildman–Crippen MR) is 103 cm³/mol. The Kier molecular flexibility index (Phi) is 6.22. The Morgan fingerprint density at radius 2 is 1.85 bits per heavy atom. The molecule has 2 N–H and O–H groups in total. The maximum atomic E-state index is 5.89. The van der Waals surface area contributed by atoms with Crippen LogP contribution in [0.15, 0.2) is 64.1 Å². The van der Waals surface area contributed by atoms with Gasteiger partial charge in [-0.25, -0.2) is 0 Å². The predicted octanol–water partition coefficient (Wildman–Crippen LogP) is 3.30. The number of hydrogen-bond donors (Lipinski definition) is 2. The van der Waals surface area contributed by atoms with Crippen molar-refractivity contribution in [3.8, 4) is 11.4 Å². The summed E-state index contributed by atoms with van der Waals surface area (Å²) < 4.78 is 5.30.